The summed E-state index contributed by atoms with van der Waals surface area (Å²) in [5, 5.41) is 3.05. The Balaban J connectivity index is 1.88. The van der Waals surface area contributed by atoms with Gasteiger partial charge in [-0.15, -0.1) is 0 Å². The molecular formula is C17H26N4O2. The summed E-state index contributed by atoms with van der Waals surface area (Å²) < 4.78 is 5.44. The first kappa shape index (κ1) is 15.9. The van der Waals surface area contributed by atoms with Gasteiger partial charge in [0.25, 0.3) is 0 Å². The van der Waals surface area contributed by atoms with E-state index >= 15 is 0 Å². The van der Waals surface area contributed by atoms with Crippen molar-refractivity contribution in [2.45, 2.75) is 12.8 Å². The zero-order valence-corrected chi connectivity index (χ0v) is 14.0. The maximum Gasteiger partial charge on any atom is 0.321 e. The number of nitrogens with one attached hydrogen (secondary N) is 1. The van der Waals surface area contributed by atoms with Gasteiger partial charge < -0.3 is 24.8 Å². The molecule has 1 aromatic carbocycles. The topological polar surface area (TPSA) is 48.1 Å². The molecule has 2 fully saturated rings. The van der Waals surface area contributed by atoms with Gasteiger partial charge in [0.15, 0.2) is 0 Å². The van der Waals surface area contributed by atoms with Crippen LogP contribution in [0.5, 0.6) is 0 Å². The third kappa shape index (κ3) is 3.69. The van der Waals surface area contributed by atoms with Crippen molar-refractivity contribution in [3.63, 3.8) is 0 Å². The summed E-state index contributed by atoms with van der Waals surface area (Å²) in [5.74, 6) is 0. The molecule has 2 heterocycles. The number of amides is 2. The number of ether oxygens (including phenoxy) is 1. The second-order valence-corrected chi connectivity index (χ2v) is 6.32. The smallest absolute Gasteiger partial charge is 0.321 e. The van der Waals surface area contributed by atoms with Crippen molar-refractivity contribution < 1.29 is 9.53 Å². The van der Waals surface area contributed by atoms with E-state index in [1.807, 2.05) is 0 Å². The van der Waals surface area contributed by atoms with E-state index in [2.05, 4.69) is 33.3 Å². The fourth-order valence-corrected chi connectivity index (χ4v) is 3.10. The fourth-order valence-electron chi connectivity index (χ4n) is 3.10. The van der Waals surface area contributed by atoms with Crippen LogP contribution in [0.3, 0.4) is 0 Å². The van der Waals surface area contributed by atoms with Gasteiger partial charge in [0.2, 0.25) is 0 Å². The van der Waals surface area contributed by atoms with Crippen LogP contribution in [0, 0.1) is 0 Å². The molecule has 2 aliphatic rings. The number of morpholine rings is 1. The highest BCUT2D eigenvalue weighted by atomic mass is 16.5. The standard InChI is InChI=1S/C17H26N4O2/c1-19(2)17(22)18-15-13-14(20-7-3-4-8-20)5-6-16(15)21-9-11-23-12-10-21/h5-6,13H,3-4,7-12H2,1-2H3,(H,18,22). The summed E-state index contributed by atoms with van der Waals surface area (Å²) >= 11 is 0. The molecule has 3 rings (SSSR count). The van der Waals surface area contributed by atoms with Gasteiger partial charge in [-0.2, -0.15) is 0 Å². The molecule has 6 nitrogen and oxygen atoms in total. The van der Waals surface area contributed by atoms with Gasteiger partial charge >= 0.3 is 6.03 Å². The van der Waals surface area contributed by atoms with Crippen LogP contribution in [0.4, 0.5) is 21.9 Å². The van der Waals surface area contributed by atoms with E-state index in [4.69, 9.17) is 4.74 Å². The van der Waals surface area contributed by atoms with Crippen molar-refractivity contribution in [3.8, 4) is 0 Å². The van der Waals surface area contributed by atoms with Gasteiger partial charge in [0, 0.05) is 46.0 Å². The molecule has 0 saturated carbocycles. The molecule has 2 saturated heterocycles. The highest BCUT2D eigenvalue weighted by molar-refractivity contribution is 5.94. The summed E-state index contributed by atoms with van der Waals surface area (Å²) in [4.78, 5) is 18.4. The van der Waals surface area contributed by atoms with Gasteiger partial charge in [0.05, 0.1) is 24.6 Å². The van der Waals surface area contributed by atoms with E-state index < -0.39 is 0 Å². The third-order valence-corrected chi connectivity index (χ3v) is 4.45. The number of carbonyl (C=O) groups excluding carboxylic acids is 1. The minimum atomic E-state index is -0.0990. The Kier molecular flexibility index (Phi) is 4.91. The molecule has 0 spiro atoms. The summed E-state index contributed by atoms with van der Waals surface area (Å²) in [6, 6.07) is 6.31. The maximum atomic E-state index is 12.1. The van der Waals surface area contributed by atoms with E-state index in [-0.39, 0.29) is 6.03 Å². The van der Waals surface area contributed by atoms with Crippen LogP contribution in [0.25, 0.3) is 0 Å². The van der Waals surface area contributed by atoms with Crippen molar-refractivity contribution in [3.05, 3.63) is 18.2 Å². The molecule has 0 unspecified atom stereocenters. The molecule has 0 aliphatic carbocycles. The Morgan fingerprint density at radius 2 is 1.78 bits per heavy atom. The molecule has 2 amide bonds. The van der Waals surface area contributed by atoms with Crippen molar-refractivity contribution in [2.24, 2.45) is 0 Å². The number of rotatable bonds is 3. The predicted octanol–water partition coefficient (Wildman–Crippen LogP) is 2.22. The molecule has 2 aliphatic heterocycles. The lowest BCUT2D eigenvalue weighted by molar-refractivity contribution is 0.123. The quantitative estimate of drug-likeness (QED) is 0.928. The number of hydrogen-bond donors (Lipinski definition) is 1. The van der Waals surface area contributed by atoms with Crippen molar-refractivity contribution in [2.75, 3.05) is 68.6 Å². The van der Waals surface area contributed by atoms with Gasteiger partial charge in [0.1, 0.15) is 0 Å². The lowest BCUT2D eigenvalue weighted by Crippen LogP contribution is -2.37. The van der Waals surface area contributed by atoms with Crippen LogP contribution in [-0.2, 0) is 4.74 Å². The molecule has 23 heavy (non-hydrogen) atoms. The van der Waals surface area contributed by atoms with Crippen molar-refractivity contribution >= 4 is 23.1 Å². The van der Waals surface area contributed by atoms with E-state index in [1.165, 1.54) is 18.5 Å². The van der Waals surface area contributed by atoms with E-state index in [1.54, 1.807) is 19.0 Å². The fraction of sp³-hybridized carbons (Fsp3) is 0.588. The van der Waals surface area contributed by atoms with Gasteiger partial charge in [-0.05, 0) is 31.0 Å². The number of benzene rings is 1. The zero-order valence-electron chi connectivity index (χ0n) is 14.0. The minimum absolute atomic E-state index is 0.0990. The summed E-state index contributed by atoms with van der Waals surface area (Å²) in [6.07, 6.45) is 2.48. The Morgan fingerprint density at radius 3 is 2.43 bits per heavy atom. The second-order valence-electron chi connectivity index (χ2n) is 6.32. The van der Waals surface area contributed by atoms with Crippen LogP contribution in [0.1, 0.15) is 12.8 Å². The zero-order chi connectivity index (χ0) is 16.2. The normalized spacial score (nSPS) is 18.2. The Hall–Kier alpha value is -1.95. The predicted molar refractivity (Wildman–Crippen MR) is 93.6 cm³/mol. The molecule has 0 atom stereocenters. The Morgan fingerprint density at radius 1 is 1.09 bits per heavy atom. The van der Waals surface area contributed by atoms with Crippen molar-refractivity contribution in [1.82, 2.24) is 4.90 Å². The molecule has 0 bridgehead atoms. The van der Waals surface area contributed by atoms with Gasteiger partial charge in [-0.25, -0.2) is 4.79 Å². The Labute approximate surface area is 138 Å². The first-order chi connectivity index (χ1) is 11.1. The van der Waals surface area contributed by atoms with Gasteiger partial charge in [-0.3, -0.25) is 0 Å². The first-order valence-electron chi connectivity index (χ1n) is 8.35. The molecule has 1 N–H and O–H groups in total. The third-order valence-electron chi connectivity index (χ3n) is 4.45. The Bertz CT molecular complexity index is 550. The average molecular weight is 318 g/mol. The largest absolute Gasteiger partial charge is 0.378 e. The van der Waals surface area contributed by atoms with Crippen LogP contribution < -0.4 is 15.1 Å². The van der Waals surface area contributed by atoms with Crippen molar-refractivity contribution in [1.29, 1.82) is 0 Å². The van der Waals surface area contributed by atoms with Crippen LogP contribution in [0.2, 0.25) is 0 Å². The van der Waals surface area contributed by atoms with Crippen LogP contribution >= 0.6 is 0 Å². The lowest BCUT2D eigenvalue weighted by atomic mass is 10.2. The lowest BCUT2D eigenvalue weighted by Gasteiger charge is -2.31. The SMILES string of the molecule is CN(C)C(=O)Nc1cc(N2CCCC2)ccc1N1CCOCC1. The minimum Gasteiger partial charge on any atom is -0.378 e. The van der Waals surface area contributed by atoms with E-state index in [9.17, 15) is 4.79 Å². The highest BCUT2D eigenvalue weighted by Gasteiger charge is 2.19. The molecule has 0 radical (unpaired) electrons. The maximum absolute atomic E-state index is 12.1. The van der Waals surface area contributed by atoms with E-state index in [0.29, 0.717) is 0 Å². The molecular weight excluding hydrogens is 292 g/mol. The number of nitrogens with zero attached hydrogens (tertiary/aromatic N) is 3. The first-order valence-corrected chi connectivity index (χ1v) is 8.35. The van der Waals surface area contributed by atoms with E-state index in [0.717, 1.165) is 50.8 Å². The monoisotopic (exact) mass is 318 g/mol. The number of hydrogen-bond acceptors (Lipinski definition) is 4. The second kappa shape index (κ2) is 7.08. The highest BCUT2D eigenvalue weighted by Crippen LogP contribution is 2.32. The summed E-state index contributed by atoms with van der Waals surface area (Å²) in [5.41, 5.74) is 3.15. The van der Waals surface area contributed by atoms with Gasteiger partial charge in [-0.1, -0.05) is 0 Å². The molecule has 126 valence electrons. The summed E-state index contributed by atoms with van der Waals surface area (Å²) in [7, 11) is 3.52. The summed E-state index contributed by atoms with van der Waals surface area (Å²) in [6.45, 7) is 5.36. The molecule has 6 heteroatoms. The molecule has 1 aromatic rings. The number of anilines is 3. The average Bonchev–Trinajstić information content (AvgIpc) is 3.10. The van der Waals surface area contributed by atoms with Crippen LogP contribution in [-0.4, -0.2) is 64.4 Å². The number of urea groups is 1. The molecule has 0 aromatic heterocycles. The number of carbonyl (C=O) groups is 1. The van der Waals surface area contributed by atoms with Crippen LogP contribution in [0.15, 0.2) is 18.2 Å².